The molecule has 116 valence electrons. The highest BCUT2D eigenvalue weighted by Gasteiger charge is 2.16. The van der Waals surface area contributed by atoms with Crippen LogP contribution in [0.15, 0.2) is 18.3 Å². The largest absolute Gasteiger partial charge is 0.473 e. The zero-order valence-electron chi connectivity index (χ0n) is 12.9. The molecule has 21 heavy (non-hydrogen) atoms. The number of anilines is 1. The van der Waals surface area contributed by atoms with Crippen molar-refractivity contribution in [1.82, 2.24) is 10.3 Å². The van der Waals surface area contributed by atoms with Crippen molar-refractivity contribution in [2.24, 2.45) is 0 Å². The maximum absolute atomic E-state index is 12.0. The van der Waals surface area contributed by atoms with Crippen LogP contribution in [0.4, 0.5) is 5.69 Å². The molecule has 0 aromatic carbocycles. The molecule has 1 saturated carbocycles. The summed E-state index contributed by atoms with van der Waals surface area (Å²) in [5.41, 5.74) is 0.755. The van der Waals surface area contributed by atoms with Crippen molar-refractivity contribution in [2.75, 3.05) is 11.9 Å². The first-order valence-electron chi connectivity index (χ1n) is 7.80. The van der Waals surface area contributed by atoms with Crippen LogP contribution in [0.5, 0.6) is 5.88 Å². The Morgan fingerprint density at radius 2 is 2.14 bits per heavy atom. The predicted molar refractivity (Wildman–Crippen MR) is 83.5 cm³/mol. The van der Waals surface area contributed by atoms with Crippen LogP contribution in [-0.4, -0.2) is 29.6 Å². The van der Waals surface area contributed by atoms with Crippen molar-refractivity contribution in [3.8, 4) is 5.88 Å². The molecule has 0 bridgehead atoms. The fourth-order valence-corrected chi connectivity index (χ4v) is 2.54. The molecule has 1 amide bonds. The molecule has 0 aliphatic heterocycles. The van der Waals surface area contributed by atoms with Crippen molar-refractivity contribution in [3.05, 3.63) is 18.3 Å². The highest BCUT2D eigenvalue weighted by atomic mass is 16.5. The van der Waals surface area contributed by atoms with Crippen molar-refractivity contribution in [2.45, 2.75) is 58.1 Å². The van der Waals surface area contributed by atoms with Crippen LogP contribution in [0.2, 0.25) is 0 Å². The van der Waals surface area contributed by atoms with Crippen molar-refractivity contribution < 1.29 is 9.53 Å². The van der Waals surface area contributed by atoms with Gasteiger partial charge in [0.15, 0.2) is 0 Å². The smallest absolute Gasteiger partial charge is 0.239 e. The fourth-order valence-electron chi connectivity index (χ4n) is 2.54. The van der Waals surface area contributed by atoms with Gasteiger partial charge in [0.05, 0.1) is 18.3 Å². The minimum Gasteiger partial charge on any atom is -0.473 e. The van der Waals surface area contributed by atoms with E-state index in [0.29, 0.717) is 11.9 Å². The number of amides is 1. The Balaban J connectivity index is 1.83. The SMILES string of the molecule is CC(C)Oc1ncccc1NCC(=O)NC1CCCCC1. The van der Waals surface area contributed by atoms with E-state index in [-0.39, 0.29) is 18.6 Å². The van der Waals surface area contributed by atoms with Gasteiger partial charge in [0, 0.05) is 12.2 Å². The highest BCUT2D eigenvalue weighted by molar-refractivity contribution is 5.81. The summed E-state index contributed by atoms with van der Waals surface area (Å²) in [6, 6.07) is 4.04. The zero-order valence-corrected chi connectivity index (χ0v) is 12.9. The predicted octanol–water partition coefficient (Wildman–Crippen LogP) is 2.73. The second-order valence-electron chi connectivity index (χ2n) is 5.78. The third-order valence-corrected chi connectivity index (χ3v) is 3.53. The normalized spacial score (nSPS) is 15.8. The van der Waals surface area contributed by atoms with Gasteiger partial charge in [-0.1, -0.05) is 19.3 Å². The van der Waals surface area contributed by atoms with Gasteiger partial charge in [-0.15, -0.1) is 0 Å². The standard InChI is InChI=1S/C16H25N3O2/c1-12(2)21-16-14(9-6-10-17-16)18-11-15(20)19-13-7-4-3-5-8-13/h6,9-10,12-13,18H,3-5,7-8,11H2,1-2H3,(H,19,20). The van der Waals surface area contributed by atoms with Gasteiger partial charge in [0.25, 0.3) is 0 Å². The molecule has 1 fully saturated rings. The number of carbonyl (C=O) groups excluding carboxylic acids is 1. The van der Waals surface area contributed by atoms with Gasteiger partial charge in [0.2, 0.25) is 11.8 Å². The third-order valence-electron chi connectivity index (χ3n) is 3.53. The fraction of sp³-hybridized carbons (Fsp3) is 0.625. The van der Waals surface area contributed by atoms with Gasteiger partial charge in [-0.2, -0.15) is 0 Å². The molecular weight excluding hydrogens is 266 g/mol. The molecule has 5 nitrogen and oxygen atoms in total. The summed E-state index contributed by atoms with van der Waals surface area (Å²) in [6.07, 6.45) is 7.65. The van der Waals surface area contributed by atoms with E-state index in [1.54, 1.807) is 6.20 Å². The van der Waals surface area contributed by atoms with Crippen LogP contribution >= 0.6 is 0 Å². The van der Waals surface area contributed by atoms with E-state index >= 15 is 0 Å². The van der Waals surface area contributed by atoms with E-state index in [9.17, 15) is 4.79 Å². The minimum absolute atomic E-state index is 0.0289. The highest BCUT2D eigenvalue weighted by Crippen LogP contribution is 2.21. The number of ether oxygens (including phenoxy) is 1. The number of pyridine rings is 1. The summed E-state index contributed by atoms with van der Waals surface area (Å²) in [4.78, 5) is 16.2. The lowest BCUT2D eigenvalue weighted by molar-refractivity contribution is -0.120. The number of hydrogen-bond donors (Lipinski definition) is 2. The molecule has 0 saturated heterocycles. The Hall–Kier alpha value is -1.78. The minimum atomic E-state index is 0.0289. The topological polar surface area (TPSA) is 63.2 Å². The molecule has 0 unspecified atom stereocenters. The first kappa shape index (κ1) is 15.6. The first-order valence-corrected chi connectivity index (χ1v) is 7.80. The maximum Gasteiger partial charge on any atom is 0.239 e. The van der Waals surface area contributed by atoms with E-state index in [0.717, 1.165) is 18.5 Å². The molecule has 1 aromatic rings. The van der Waals surface area contributed by atoms with Crippen molar-refractivity contribution >= 4 is 11.6 Å². The second kappa shape index (κ2) is 7.86. The molecule has 5 heteroatoms. The third kappa shape index (κ3) is 5.25. The summed E-state index contributed by atoms with van der Waals surface area (Å²) < 4.78 is 5.62. The molecule has 2 rings (SSSR count). The van der Waals surface area contributed by atoms with E-state index in [4.69, 9.17) is 4.74 Å². The lowest BCUT2D eigenvalue weighted by atomic mass is 9.95. The molecule has 1 aliphatic rings. The van der Waals surface area contributed by atoms with Crippen molar-refractivity contribution in [3.63, 3.8) is 0 Å². The number of aromatic nitrogens is 1. The van der Waals surface area contributed by atoms with Gasteiger partial charge in [0.1, 0.15) is 0 Å². The Labute approximate surface area is 126 Å². The van der Waals surface area contributed by atoms with Gasteiger partial charge < -0.3 is 15.4 Å². The van der Waals surface area contributed by atoms with Gasteiger partial charge in [-0.05, 0) is 38.8 Å². The van der Waals surface area contributed by atoms with Crippen LogP contribution in [0.1, 0.15) is 46.0 Å². The van der Waals surface area contributed by atoms with Crippen LogP contribution in [0, 0.1) is 0 Å². The van der Waals surface area contributed by atoms with E-state index in [1.165, 1.54) is 19.3 Å². The molecule has 1 heterocycles. The Morgan fingerprint density at radius 1 is 1.38 bits per heavy atom. The Kier molecular flexibility index (Phi) is 5.84. The quantitative estimate of drug-likeness (QED) is 0.846. The van der Waals surface area contributed by atoms with Crippen LogP contribution in [0.25, 0.3) is 0 Å². The monoisotopic (exact) mass is 291 g/mol. The number of nitrogens with one attached hydrogen (secondary N) is 2. The molecule has 0 spiro atoms. The molecular formula is C16H25N3O2. The number of hydrogen-bond acceptors (Lipinski definition) is 4. The Bertz CT molecular complexity index is 457. The first-order chi connectivity index (χ1) is 10.1. The molecule has 2 N–H and O–H groups in total. The molecule has 1 aliphatic carbocycles. The lowest BCUT2D eigenvalue weighted by Gasteiger charge is -2.23. The average molecular weight is 291 g/mol. The summed E-state index contributed by atoms with van der Waals surface area (Å²) in [5.74, 6) is 0.569. The second-order valence-corrected chi connectivity index (χ2v) is 5.78. The van der Waals surface area contributed by atoms with Crippen LogP contribution < -0.4 is 15.4 Å². The van der Waals surface area contributed by atoms with E-state index in [2.05, 4.69) is 15.6 Å². The van der Waals surface area contributed by atoms with E-state index in [1.807, 2.05) is 26.0 Å². The maximum atomic E-state index is 12.0. The number of rotatable bonds is 6. The van der Waals surface area contributed by atoms with Gasteiger partial charge >= 0.3 is 0 Å². The number of carbonyl (C=O) groups is 1. The zero-order chi connectivity index (χ0) is 15.1. The molecule has 0 radical (unpaired) electrons. The summed E-state index contributed by atoms with van der Waals surface area (Å²) in [6.45, 7) is 4.15. The number of nitrogens with zero attached hydrogens (tertiary/aromatic N) is 1. The average Bonchev–Trinajstić information content (AvgIpc) is 2.47. The van der Waals surface area contributed by atoms with Gasteiger partial charge in [-0.25, -0.2) is 4.98 Å². The van der Waals surface area contributed by atoms with Crippen LogP contribution in [-0.2, 0) is 4.79 Å². The summed E-state index contributed by atoms with van der Waals surface area (Å²) >= 11 is 0. The summed E-state index contributed by atoms with van der Waals surface area (Å²) in [7, 11) is 0. The molecule has 1 aromatic heterocycles. The van der Waals surface area contributed by atoms with E-state index < -0.39 is 0 Å². The lowest BCUT2D eigenvalue weighted by Crippen LogP contribution is -2.39. The van der Waals surface area contributed by atoms with Crippen LogP contribution in [0.3, 0.4) is 0 Å². The van der Waals surface area contributed by atoms with Crippen molar-refractivity contribution in [1.29, 1.82) is 0 Å². The Morgan fingerprint density at radius 3 is 2.86 bits per heavy atom. The van der Waals surface area contributed by atoms with Gasteiger partial charge in [-0.3, -0.25) is 4.79 Å². The molecule has 0 atom stereocenters. The summed E-state index contributed by atoms with van der Waals surface area (Å²) in [5, 5.41) is 6.20.